The summed E-state index contributed by atoms with van der Waals surface area (Å²) in [4.78, 5) is 19.0. The largest absolute Gasteiger partial charge is 0.339 e. The highest BCUT2D eigenvalue weighted by Gasteiger charge is 2.13. The fourth-order valence-electron chi connectivity index (χ4n) is 3.35. The van der Waals surface area contributed by atoms with Crippen LogP contribution in [0.5, 0.6) is 0 Å². The van der Waals surface area contributed by atoms with Crippen molar-refractivity contribution in [2.24, 2.45) is 0 Å². The Labute approximate surface area is 182 Å². The average molecular weight is 425 g/mol. The van der Waals surface area contributed by atoms with Gasteiger partial charge in [0.25, 0.3) is 0 Å². The number of halogens is 1. The molecule has 164 valence electrons. The van der Waals surface area contributed by atoms with Gasteiger partial charge in [-0.15, -0.1) is 0 Å². The molecule has 0 aliphatic heterocycles. The van der Waals surface area contributed by atoms with E-state index in [0.29, 0.717) is 35.8 Å². The van der Waals surface area contributed by atoms with E-state index in [2.05, 4.69) is 27.3 Å². The molecule has 0 spiro atoms. The zero-order valence-electron chi connectivity index (χ0n) is 18.3. The minimum Gasteiger partial charge on any atom is -0.339 e. The molecule has 0 aliphatic rings. The Kier molecular flexibility index (Phi) is 7.89. The van der Waals surface area contributed by atoms with Crippen LogP contribution in [-0.4, -0.2) is 40.6 Å². The van der Waals surface area contributed by atoms with Crippen molar-refractivity contribution in [1.82, 2.24) is 15.0 Å². The third-order valence-corrected chi connectivity index (χ3v) is 5.09. The van der Waals surface area contributed by atoms with Gasteiger partial charge in [-0.3, -0.25) is 9.69 Å². The van der Waals surface area contributed by atoms with Gasteiger partial charge in [-0.05, 0) is 63.0 Å². The Hall–Kier alpha value is -3.06. The van der Waals surface area contributed by atoms with Crippen molar-refractivity contribution < 1.29 is 13.7 Å². The Balaban J connectivity index is 1.51. The van der Waals surface area contributed by atoms with Crippen molar-refractivity contribution in [2.75, 3.05) is 25.0 Å². The quantitative estimate of drug-likeness (QED) is 0.507. The first-order valence-electron chi connectivity index (χ1n) is 10.6. The molecule has 1 amide bonds. The normalized spacial score (nSPS) is 11.1. The van der Waals surface area contributed by atoms with Crippen molar-refractivity contribution >= 4 is 11.6 Å². The molecule has 0 unspecified atom stereocenters. The maximum absolute atomic E-state index is 13.8. The molecule has 1 aromatic heterocycles. The molecule has 1 heterocycles. The number of nitrogens with one attached hydrogen (secondary N) is 1. The molecule has 7 heteroatoms. The summed E-state index contributed by atoms with van der Waals surface area (Å²) in [7, 11) is 0. The topological polar surface area (TPSA) is 71.3 Å². The predicted molar refractivity (Wildman–Crippen MR) is 119 cm³/mol. The van der Waals surface area contributed by atoms with Crippen molar-refractivity contribution in [3.8, 4) is 11.4 Å². The van der Waals surface area contributed by atoms with E-state index in [9.17, 15) is 9.18 Å². The molecule has 31 heavy (non-hydrogen) atoms. The van der Waals surface area contributed by atoms with E-state index in [-0.39, 0.29) is 11.7 Å². The fourth-order valence-corrected chi connectivity index (χ4v) is 3.35. The Morgan fingerprint density at radius 3 is 2.68 bits per heavy atom. The number of carbonyl (C=O) groups is 1. The second-order valence-corrected chi connectivity index (χ2v) is 7.72. The standard InChI is InChI=1S/C24H29FN4O2/c1-4-13-29(16-22(30)26-21-9-6-5-8-18(21)3)14-7-10-23-27-24(28-31-23)19-12-11-17(2)20(25)15-19/h5-6,8-9,11-12,15H,4,7,10,13-14,16H2,1-3H3,(H,26,30). The highest BCUT2D eigenvalue weighted by molar-refractivity contribution is 5.92. The molecule has 1 N–H and O–H groups in total. The summed E-state index contributed by atoms with van der Waals surface area (Å²) in [5.41, 5.74) is 3.06. The van der Waals surface area contributed by atoms with Crippen molar-refractivity contribution in [2.45, 2.75) is 40.0 Å². The first-order chi connectivity index (χ1) is 15.0. The Morgan fingerprint density at radius 2 is 1.94 bits per heavy atom. The number of hydrogen-bond donors (Lipinski definition) is 1. The lowest BCUT2D eigenvalue weighted by atomic mass is 10.1. The number of aromatic nitrogens is 2. The van der Waals surface area contributed by atoms with Crippen LogP contribution in [0, 0.1) is 19.7 Å². The van der Waals surface area contributed by atoms with Gasteiger partial charge in [0.2, 0.25) is 17.6 Å². The Bertz CT molecular complexity index is 1020. The zero-order chi connectivity index (χ0) is 22.2. The van der Waals surface area contributed by atoms with E-state index in [0.717, 1.165) is 37.2 Å². The zero-order valence-corrected chi connectivity index (χ0v) is 18.3. The minimum absolute atomic E-state index is 0.0239. The Morgan fingerprint density at radius 1 is 1.13 bits per heavy atom. The van der Waals surface area contributed by atoms with Gasteiger partial charge in [0.1, 0.15) is 5.82 Å². The third kappa shape index (κ3) is 6.46. The molecule has 0 saturated heterocycles. The molecule has 0 radical (unpaired) electrons. The van der Waals surface area contributed by atoms with Crippen LogP contribution in [-0.2, 0) is 11.2 Å². The predicted octanol–water partition coefficient (Wildman–Crippen LogP) is 4.78. The number of rotatable bonds is 10. The van der Waals surface area contributed by atoms with Gasteiger partial charge in [-0.2, -0.15) is 4.98 Å². The molecule has 0 aliphatic carbocycles. The molecule has 0 bridgehead atoms. The molecule has 0 saturated carbocycles. The number of nitrogens with zero attached hydrogens (tertiary/aromatic N) is 3. The van der Waals surface area contributed by atoms with Crippen LogP contribution in [0.15, 0.2) is 47.0 Å². The highest BCUT2D eigenvalue weighted by Crippen LogP contribution is 2.19. The summed E-state index contributed by atoms with van der Waals surface area (Å²) in [5.74, 6) is 0.584. The summed E-state index contributed by atoms with van der Waals surface area (Å²) in [6, 6.07) is 12.6. The number of hydrogen-bond acceptors (Lipinski definition) is 5. The highest BCUT2D eigenvalue weighted by atomic mass is 19.1. The van der Waals surface area contributed by atoms with E-state index < -0.39 is 0 Å². The van der Waals surface area contributed by atoms with Crippen LogP contribution in [0.4, 0.5) is 10.1 Å². The summed E-state index contributed by atoms with van der Waals surface area (Å²) < 4.78 is 19.1. The summed E-state index contributed by atoms with van der Waals surface area (Å²) in [6.07, 6.45) is 2.34. The van der Waals surface area contributed by atoms with Crippen molar-refractivity contribution in [3.05, 3.63) is 65.3 Å². The lowest BCUT2D eigenvalue weighted by Crippen LogP contribution is -2.34. The van der Waals surface area contributed by atoms with Gasteiger partial charge < -0.3 is 9.84 Å². The van der Waals surface area contributed by atoms with Crippen LogP contribution < -0.4 is 5.32 Å². The average Bonchev–Trinajstić information content (AvgIpc) is 3.21. The summed E-state index contributed by atoms with van der Waals surface area (Å²) >= 11 is 0. The third-order valence-electron chi connectivity index (χ3n) is 5.09. The number of amides is 1. The molecular formula is C24H29FN4O2. The maximum atomic E-state index is 13.8. The van der Waals surface area contributed by atoms with E-state index in [1.807, 2.05) is 31.2 Å². The summed E-state index contributed by atoms with van der Waals surface area (Å²) in [6.45, 7) is 7.69. The molecule has 2 aromatic carbocycles. The van der Waals surface area contributed by atoms with Crippen molar-refractivity contribution in [1.29, 1.82) is 0 Å². The molecular weight excluding hydrogens is 395 g/mol. The maximum Gasteiger partial charge on any atom is 0.238 e. The van der Waals surface area contributed by atoms with Gasteiger partial charge >= 0.3 is 0 Å². The number of aryl methyl sites for hydroxylation is 3. The van der Waals surface area contributed by atoms with Crippen LogP contribution in [0.3, 0.4) is 0 Å². The molecule has 3 rings (SSSR count). The SMILES string of the molecule is CCCN(CCCc1nc(-c2ccc(C)c(F)c2)no1)CC(=O)Nc1ccccc1C. The van der Waals surface area contributed by atoms with E-state index >= 15 is 0 Å². The van der Waals surface area contributed by atoms with Gasteiger partial charge in [0, 0.05) is 17.7 Å². The monoisotopic (exact) mass is 424 g/mol. The number of anilines is 1. The van der Waals surface area contributed by atoms with Crippen LogP contribution in [0.1, 0.15) is 36.8 Å². The second kappa shape index (κ2) is 10.8. The van der Waals surface area contributed by atoms with Crippen molar-refractivity contribution in [3.63, 3.8) is 0 Å². The number of benzene rings is 2. The first-order valence-corrected chi connectivity index (χ1v) is 10.6. The van der Waals surface area contributed by atoms with E-state index in [4.69, 9.17) is 4.52 Å². The van der Waals surface area contributed by atoms with Gasteiger partial charge in [0.05, 0.1) is 6.54 Å². The van der Waals surface area contributed by atoms with Crippen LogP contribution >= 0.6 is 0 Å². The summed E-state index contributed by atoms with van der Waals surface area (Å²) in [5, 5.41) is 6.95. The molecule has 0 fully saturated rings. The van der Waals surface area contributed by atoms with Gasteiger partial charge in [-0.25, -0.2) is 4.39 Å². The number of para-hydroxylation sites is 1. The second-order valence-electron chi connectivity index (χ2n) is 7.72. The van der Waals surface area contributed by atoms with Gasteiger partial charge in [-0.1, -0.05) is 42.4 Å². The number of carbonyl (C=O) groups excluding carboxylic acids is 1. The van der Waals surface area contributed by atoms with Gasteiger partial charge in [0.15, 0.2) is 0 Å². The lowest BCUT2D eigenvalue weighted by molar-refractivity contribution is -0.117. The van der Waals surface area contributed by atoms with Crippen LogP contribution in [0.2, 0.25) is 0 Å². The molecule has 0 atom stereocenters. The lowest BCUT2D eigenvalue weighted by Gasteiger charge is -2.21. The minimum atomic E-state index is -0.289. The van der Waals surface area contributed by atoms with E-state index in [1.165, 1.54) is 6.07 Å². The first kappa shape index (κ1) is 22.6. The van der Waals surface area contributed by atoms with E-state index in [1.54, 1.807) is 19.1 Å². The smallest absolute Gasteiger partial charge is 0.238 e. The molecule has 3 aromatic rings. The molecule has 6 nitrogen and oxygen atoms in total. The fraction of sp³-hybridized carbons (Fsp3) is 0.375. The van der Waals surface area contributed by atoms with Crippen LogP contribution in [0.25, 0.3) is 11.4 Å².